The lowest BCUT2D eigenvalue weighted by atomic mass is 10.0. The largest absolute Gasteiger partial charge is 0.481 e. The number of nitrogens with one attached hydrogen (secondary N) is 1. The van der Waals surface area contributed by atoms with Gasteiger partial charge < -0.3 is 14.8 Å². The average Bonchev–Trinajstić information content (AvgIpc) is 2.70. The second-order valence-electron chi connectivity index (χ2n) is 6.01. The van der Waals surface area contributed by atoms with Crippen molar-refractivity contribution in [1.29, 1.82) is 0 Å². The SMILES string of the molecule is COc1ccc(C(=O)NC[C@H](c2ccc(Cl)cc2)N2CCOCC2)cn1. The number of ether oxygens (including phenoxy) is 2. The summed E-state index contributed by atoms with van der Waals surface area (Å²) in [6.45, 7) is 3.54. The van der Waals surface area contributed by atoms with Crippen LogP contribution in [0.5, 0.6) is 5.88 Å². The number of rotatable bonds is 6. The van der Waals surface area contributed by atoms with Crippen molar-refractivity contribution in [3.8, 4) is 5.88 Å². The quantitative estimate of drug-likeness (QED) is 0.840. The van der Waals surface area contributed by atoms with Gasteiger partial charge in [0.15, 0.2) is 0 Å². The second-order valence-corrected chi connectivity index (χ2v) is 6.45. The van der Waals surface area contributed by atoms with E-state index in [1.807, 2.05) is 24.3 Å². The molecule has 0 spiro atoms. The molecule has 0 radical (unpaired) electrons. The molecule has 1 aromatic carbocycles. The van der Waals surface area contributed by atoms with Crippen LogP contribution < -0.4 is 10.1 Å². The molecule has 1 atom stereocenters. The number of carbonyl (C=O) groups excluding carboxylic acids is 1. The van der Waals surface area contributed by atoms with Gasteiger partial charge in [-0.1, -0.05) is 23.7 Å². The Morgan fingerprint density at radius 1 is 1.27 bits per heavy atom. The topological polar surface area (TPSA) is 63.7 Å². The fourth-order valence-electron chi connectivity index (χ4n) is 2.96. The van der Waals surface area contributed by atoms with E-state index in [9.17, 15) is 4.79 Å². The smallest absolute Gasteiger partial charge is 0.252 e. The predicted octanol–water partition coefficient (Wildman–Crippen LogP) is 2.55. The van der Waals surface area contributed by atoms with Crippen molar-refractivity contribution in [2.24, 2.45) is 0 Å². The Kier molecular flexibility index (Phi) is 6.44. The molecule has 3 rings (SSSR count). The summed E-state index contributed by atoms with van der Waals surface area (Å²) < 4.78 is 10.5. The minimum absolute atomic E-state index is 0.0614. The number of aromatic nitrogens is 1. The number of nitrogens with zero attached hydrogens (tertiary/aromatic N) is 2. The zero-order valence-electron chi connectivity index (χ0n) is 14.7. The van der Waals surface area contributed by atoms with Crippen molar-refractivity contribution in [2.75, 3.05) is 40.0 Å². The molecule has 2 heterocycles. The fourth-order valence-corrected chi connectivity index (χ4v) is 3.08. The lowest BCUT2D eigenvalue weighted by Crippen LogP contribution is -2.43. The molecular weight excluding hydrogens is 354 g/mol. The second kappa shape index (κ2) is 8.98. The Morgan fingerprint density at radius 2 is 2.00 bits per heavy atom. The van der Waals surface area contributed by atoms with Crippen LogP contribution in [0.3, 0.4) is 0 Å². The first kappa shape index (κ1) is 18.6. The Bertz CT molecular complexity index is 716. The van der Waals surface area contributed by atoms with E-state index < -0.39 is 0 Å². The number of amides is 1. The summed E-state index contributed by atoms with van der Waals surface area (Å²) >= 11 is 6.01. The van der Waals surface area contributed by atoms with Crippen LogP contribution >= 0.6 is 11.6 Å². The van der Waals surface area contributed by atoms with E-state index in [0.29, 0.717) is 36.2 Å². The van der Waals surface area contributed by atoms with E-state index in [-0.39, 0.29) is 11.9 Å². The van der Waals surface area contributed by atoms with Crippen molar-refractivity contribution in [3.63, 3.8) is 0 Å². The van der Waals surface area contributed by atoms with Gasteiger partial charge in [0.1, 0.15) is 0 Å². The standard InChI is InChI=1S/C19H22ClN3O3/c1-25-18-7-4-15(12-21-18)19(24)22-13-17(23-8-10-26-11-9-23)14-2-5-16(20)6-3-14/h2-7,12,17H,8-11,13H2,1H3,(H,22,24)/t17-/m1/s1. The van der Waals surface area contributed by atoms with E-state index in [1.54, 1.807) is 19.2 Å². The minimum atomic E-state index is -0.160. The number of morpholine rings is 1. The van der Waals surface area contributed by atoms with Crippen LogP contribution in [0.1, 0.15) is 22.0 Å². The number of methoxy groups -OCH3 is 1. The molecule has 0 bridgehead atoms. The maximum atomic E-state index is 12.5. The van der Waals surface area contributed by atoms with Crippen molar-refractivity contribution in [3.05, 3.63) is 58.7 Å². The molecule has 1 aliphatic rings. The number of hydrogen-bond donors (Lipinski definition) is 1. The van der Waals surface area contributed by atoms with Gasteiger partial charge in [-0.2, -0.15) is 0 Å². The van der Waals surface area contributed by atoms with Crippen LogP contribution in [-0.2, 0) is 4.74 Å². The first-order chi connectivity index (χ1) is 12.7. The lowest BCUT2D eigenvalue weighted by Gasteiger charge is -2.35. The zero-order valence-corrected chi connectivity index (χ0v) is 15.4. The summed E-state index contributed by atoms with van der Waals surface area (Å²) in [4.78, 5) is 18.9. The van der Waals surface area contributed by atoms with Crippen LogP contribution in [0.2, 0.25) is 5.02 Å². The first-order valence-electron chi connectivity index (χ1n) is 8.53. The molecule has 1 N–H and O–H groups in total. The van der Waals surface area contributed by atoms with E-state index in [0.717, 1.165) is 18.7 Å². The van der Waals surface area contributed by atoms with Crippen LogP contribution in [0, 0.1) is 0 Å². The fraction of sp³-hybridized carbons (Fsp3) is 0.368. The maximum Gasteiger partial charge on any atom is 0.252 e. The number of hydrogen-bond acceptors (Lipinski definition) is 5. The average molecular weight is 376 g/mol. The van der Waals surface area contributed by atoms with Gasteiger partial charge in [0.25, 0.3) is 5.91 Å². The van der Waals surface area contributed by atoms with Crippen molar-refractivity contribution in [1.82, 2.24) is 15.2 Å². The minimum Gasteiger partial charge on any atom is -0.481 e. The summed E-state index contributed by atoms with van der Waals surface area (Å²) in [7, 11) is 1.54. The first-order valence-corrected chi connectivity index (χ1v) is 8.90. The molecule has 1 aromatic heterocycles. The summed E-state index contributed by atoms with van der Waals surface area (Å²) in [5.74, 6) is 0.321. The number of halogens is 1. The maximum absolute atomic E-state index is 12.5. The van der Waals surface area contributed by atoms with Crippen molar-refractivity contribution < 1.29 is 14.3 Å². The van der Waals surface area contributed by atoms with E-state index >= 15 is 0 Å². The van der Waals surface area contributed by atoms with E-state index in [4.69, 9.17) is 21.1 Å². The Hall–Kier alpha value is -2.15. The number of pyridine rings is 1. The summed E-state index contributed by atoms with van der Waals surface area (Å²) in [5.41, 5.74) is 1.62. The van der Waals surface area contributed by atoms with E-state index in [1.165, 1.54) is 6.20 Å². The Labute approximate surface area is 158 Å². The Balaban J connectivity index is 1.70. The molecule has 2 aromatic rings. The third-order valence-corrected chi connectivity index (χ3v) is 4.66. The highest BCUT2D eigenvalue weighted by Gasteiger charge is 2.23. The van der Waals surface area contributed by atoms with Gasteiger partial charge in [-0.25, -0.2) is 4.98 Å². The monoisotopic (exact) mass is 375 g/mol. The van der Waals surface area contributed by atoms with Gasteiger partial charge in [0.05, 0.1) is 31.9 Å². The highest BCUT2D eigenvalue weighted by molar-refractivity contribution is 6.30. The number of carbonyl (C=O) groups is 1. The zero-order chi connectivity index (χ0) is 18.4. The van der Waals surface area contributed by atoms with Crippen molar-refractivity contribution in [2.45, 2.75) is 6.04 Å². The highest BCUT2D eigenvalue weighted by atomic mass is 35.5. The third kappa shape index (κ3) is 4.72. The van der Waals surface area contributed by atoms with Crippen LogP contribution in [0.15, 0.2) is 42.6 Å². The van der Waals surface area contributed by atoms with Gasteiger partial charge in [-0.15, -0.1) is 0 Å². The van der Waals surface area contributed by atoms with Gasteiger partial charge >= 0.3 is 0 Å². The number of benzene rings is 1. The van der Waals surface area contributed by atoms with E-state index in [2.05, 4.69) is 15.2 Å². The molecule has 0 aliphatic carbocycles. The molecule has 26 heavy (non-hydrogen) atoms. The van der Waals surface area contributed by atoms with Gasteiger partial charge in [-0.05, 0) is 23.8 Å². The molecule has 1 aliphatic heterocycles. The molecule has 6 nitrogen and oxygen atoms in total. The lowest BCUT2D eigenvalue weighted by molar-refractivity contribution is 0.0162. The van der Waals surface area contributed by atoms with Gasteiger partial charge in [-0.3, -0.25) is 9.69 Å². The third-order valence-electron chi connectivity index (χ3n) is 4.40. The predicted molar refractivity (Wildman–Crippen MR) is 99.7 cm³/mol. The van der Waals surface area contributed by atoms with Gasteiger partial charge in [0, 0.05) is 36.9 Å². The molecule has 7 heteroatoms. The summed E-state index contributed by atoms with van der Waals surface area (Å²) in [6.07, 6.45) is 1.51. The molecule has 1 fully saturated rings. The molecule has 138 valence electrons. The normalized spacial score (nSPS) is 16.1. The van der Waals surface area contributed by atoms with Crippen LogP contribution in [0.25, 0.3) is 0 Å². The summed E-state index contributed by atoms with van der Waals surface area (Å²) in [6, 6.07) is 11.2. The van der Waals surface area contributed by atoms with Gasteiger partial charge in [0.2, 0.25) is 5.88 Å². The Morgan fingerprint density at radius 3 is 2.62 bits per heavy atom. The van der Waals surface area contributed by atoms with Crippen molar-refractivity contribution >= 4 is 17.5 Å². The molecule has 0 unspecified atom stereocenters. The van der Waals surface area contributed by atoms with Crippen LogP contribution in [-0.4, -0.2) is 55.7 Å². The molecular formula is C19H22ClN3O3. The van der Waals surface area contributed by atoms with Crippen LogP contribution in [0.4, 0.5) is 0 Å². The molecule has 1 saturated heterocycles. The molecule has 1 amide bonds. The molecule has 0 saturated carbocycles. The summed E-state index contributed by atoms with van der Waals surface area (Å²) in [5, 5.41) is 3.71. The highest BCUT2D eigenvalue weighted by Crippen LogP contribution is 2.23.